The first-order valence-corrected chi connectivity index (χ1v) is 10.4. The largest absolute Gasteiger partial charge is 0.494 e. The Hall–Kier alpha value is -3.98. The number of carboxylic acid groups (broad SMARTS) is 1. The minimum Gasteiger partial charge on any atom is -0.494 e. The first kappa shape index (κ1) is 20.9. The van der Waals surface area contributed by atoms with Crippen molar-refractivity contribution >= 4 is 22.6 Å². The topological polar surface area (TPSA) is 113 Å². The number of ether oxygens (including phenoxy) is 1. The summed E-state index contributed by atoms with van der Waals surface area (Å²) in [5, 5.41) is 21.1. The first-order chi connectivity index (χ1) is 15.9. The number of nitrogens with zero attached hydrogens (tertiary/aromatic N) is 3. The number of aromatic nitrogens is 3. The van der Waals surface area contributed by atoms with Crippen molar-refractivity contribution in [1.82, 2.24) is 14.5 Å². The van der Waals surface area contributed by atoms with Gasteiger partial charge in [0.05, 0.1) is 30.8 Å². The van der Waals surface area contributed by atoms with Gasteiger partial charge in [0, 0.05) is 41.8 Å². The molecule has 2 aromatic heterocycles. The molecule has 1 aliphatic rings. The molecule has 1 unspecified atom stereocenters. The van der Waals surface area contributed by atoms with Gasteiger partial charge in [-0.05, 0) is 35.4 Å². The molecule has 8 nitrogen and oxygen atoms in total. The number of aryl methyl sites for hydroxylation is 1. The molecule has 0 bridgehead atoms. The Balaban J connectivity index is 1.71. The molecule has 1 atom stereocenters. The maximum atomic E-state index is 14.1. The van der Waals surface area contributed by atoms with Crippen molar-refractivity contribution in [3.8, 4) is 5.88 Å². The molecule has 0 fully saturated rings. The number of fused-ring (bicyclic) bond motifs is 2. The third-order valence-corrected chi connectivity index (χ3v) is 5.86. The summed E-state index contributed by atoms with van der Waals surface area (Å²) in [7, 11) is 1.78. The van der Waals surface area contributed by atoms with Crippen LogP contribution in [0.5, 0.6) is 5.88 Å². The SMILES string of the molecule is Cn1cncc1CC(N=C(c1ccc2c(c1)COC2)c1c(O)[nH]c2ccc(F)cc12)C(=O)O. The Morgan fingerprint density at radius 1 is 1.27 bits per heavy atom. The van der Waals surface area contributed by atoms with Crippen molar-refractivity contribution in [3.05, 3.63) is 82.7 Å². The van der Waals surface area contributed by atoms with E-state index in [-0.39, 0.29) is 23.6 Å². The van der Waals surface area contributed by atoms with Crippen LogP contribution in [0.3, 0.4) is 0 Å². The summed E-state index contributed by atoms with van der Waals surface area (Å²) in [5.74, 6) is -1.81. The summed E-state index contributed by atoms with van der Waals surface area (Å²) in [6.07, 6.45) is 3.28. The van der Waals surface area contributed by atoms with Gasteiger partial charge in [0.1, 0.15) is 5.82 Å². The highest BCUT2D eigenvalue weighted by Crippen LogP contribution is 2.32. The normalized spacial score (nSPS) is 14.5. The molecule has 0 spiro atoms. The van der Waals surface area contributed by atoms with Crippen LogP contribution in [0.4, 0.5) is 4.39 Å². The second-order valence-corrected chi connectivity index (χ2v) is 8.05. The van der Waals surface area contributed by atoms with E-state index in [4.69, 9.17) is 4.74 Å². The maximum absolute atomic E-state index is 14.1. The van der Waals surface area contributed by atoms with Crippen LogP contribution in [-0.2, 0) is 36.2 Å². The number of aliphatic carboxylic acids is 1. The number of halogens is 1. The van der Waals surface area contributed by atoms with Gasteiger partial charge in [-0.15, -0.1) is 0 Å². The lowest BCUT2D eigenvalue weighted by atomic mass is 9.97. The van der Waals surface area contributed by atoms with Crippen molar-refractivity contribution < 1.29 is 24.1 Å². The summed E-state index contributed by atoms with van der Waals surface area (Å²) in [4.78, 5) is 23.7. The highest BCUT2D eigenvalue weighted by Gasteiger charge is 2.25. The zero-order chi connectivity index (χ0) is 23.1. The predicted octanol–water partition coefficient (Wildman–Crippen LogP) is 3.31. The summed E-state index contributed by atoms with van der Waals surface area (Å²) < 4.78 is 21.3. The summed E-state index contributed by atoms with van der Waals surface area (Å²) in [6.45, 7) is 0.937. The van der Waals surface area contributed by atoms with Crippen molar-refractivity contribution in [1.29, 1.82) is 0 Å². The van der Waals surface area contributed by atoms with E-state index in [0.29, 0.717) is 35.4 Å². The van der Waals surface area contributed by atoms with Crippen molar-refractivity contribution in [2.45, 2.75) is 25.7 Å². The number of imidazole rings is 1. The average Bonchev–Trinajstić information content (AvgIpc) is 3.49. The van der Waals surface area contributed by atoms with Crippen molar-refractivity contribution in [2.24, 2.45) is 12.0 Å². The van der Waals surface area contributed by atoms with Gasteiger partial charge in [-0.1, -0.05) is 12.1 Å². The molecule has 0 radical (unpaired) electrons. The molecule has 9 heteroatoms. The molecule has 0 saturated carbocycles. The van der Waals surface area contributed by atoms with Crippen LogP contribution in [0.15, 0.2) is 53.9 Å². The third kappa shape index (κ3) is 3.87. The first-order valence-electron chi connectivity index (χ1n) is 10.4. The van der Waals surface area contributed by atoms with Gasteiger partial charge in [-0.3, -0.25) is 4.99 Å². The number of hydrogen-bond donors (Lipinski definition) is 3. The average molecular weight is 448 g/mol. The number of H-pyrrole nitrogens is 1. The molecule has 5 rings (SSSR count). The van der Waals surface area contributed by atoms with E-state index in [0.717, 1.165) is 11.1 Å². The lowest BCUT2D eigenvalue weighted by Gasteiger charge is -2.14. The fourth-order valence-electron chi connectivity index (χ4n) is 4.12. The van der Waals surface area contributed by atoms with Crippen molar-refractivity contribution in [2.75, 3.05) is 0 Å². The predicted molar refractivity (Wildman–Crippen MR) is 119 cm³/mol. The van der Waals surface area contributed by atoms with Crippen LogP contribution in [0.2, 0.25) is 0 Å². The number of nitrogens with one attached hydrogen (secondary N) is 1. The summed E-state index contributed by atoms with van der Waals surface area (Å²) in [6, 6.07) is 8.54. The number of aromatic amines is 1. The van der Waals surface area contributed by atoms with E-state index in [1.54, 1.807) is 24.1 Å². The number of rotatable bonds is 6. The molecule has 1 aliphatic heterocycles. The fraction of sp³-hybridized carbons (Fsp3) is 0.208. The second kappa shape index (κ2) is 8.18. The standard InChI is InChI=1S/C24H21FN4O4/c1-29-12-26-9-17(29)8-20(24(31)32)27-22(13-2-3-14-10-33-11-15(14)6-13)21-18-7-16(25)4-5-19(18)28-23(21)30/h2-7,9,12,20,28,30H,8,10-11H2,1H3,(H,31,32). The Morgan fingerprint density at radius 3 is 2.85 bits per heavy atom. The van der Waals surface area contributed by atoms with E-state index in [1.165, 1.54) is 18.2 Å². The minimum atomic E-state index is -1.15. The monoisotopic (exact) mass is 448 g/mol. The molecular weight excluding hydrogens is 427 g/mol. The second-order valence-electron chi connectivity index (χ2n) is 8.05. The Labute approximate surface area is 188 Å². The lowest BCUT2D eigenvalue weighted by molar-refractivity contribution is -0.138. The van der Waals surface area contributed by atoms with Crippen LogP contribution in [0, 0.1) is 5.82 Å². The molecule has 0 amide bonds. The number of aromatic hydroxyl groups is 1. The molecule has 2 aromatic carbocycles. The van der Waals surface area contributed by atoms with Crippen LogP contribution >= 0.6 is 0 Å². The molecule has 4 aromatic rings. The van der Waals surface area contributed by atoms with Crippen LogP contribution in [-0.4, -0.2) is 42.5 Å². The zero-order valence-corrected chi connectivity index (χ0v) is 17.7. The van der Waals surface area contributed by atoms with Crippen molar-refractivity contribution in [3.63, 3.8) is 0 Å². The van der Waals surface area contributed by atoms with Gasteiger partial charge < -0.3 is 24.5 Å². The molecular formula is C24H21FN4O4. The number of hydrogen-bond acceptors (Lipinski definition) is 5. The summed E-state index contributed by atoms with van der Waals surface area (Å²) >= 11 is 0. The van der Waals surface area contributed by atoms with Crippen LogP contribution in [0.1, 0.15) is 27.9 Å². The van der Waals surface area contributed by atoms with Gasteiger partial charge in [-0.2, -0.15) is 0 Å². The van der Waals surface area contributed by atoms with Gasteiger partial charge in [0.2, 0.25) is 0 Å². The third-order valence-electron chi connectivity index (χ3n) is 5.86. The zero-order valence-electron chi connectivity index (χ0n) is 17.7. The van der Waals surface area contributed by atoms with E-state index in [9.17, 15) is 19.4 Å². The fourth-order valence-corrected chi connectivity index (χ4v) is 4.12. The van der Waals surface area contributed by atoms with E-state index >= 15 is 0 Å². The minimum absolute atomic E-state index is 0.0981. The molecule has 168 valence electrons. The highest BCUT2D eigenvalue weighted by atomic mass is 19.1. The molecule has 3 heterocycles. The molecule has 33 heavy (non-hydrogen) atoms. The number of carboxylic acids is 1. The quantitative estimate of drug-likeness (QED) is 0.392. The maximum Gasteiger partial charge on any atom is 0.328 e. The van der Waals surface area contributed by atoms with Crippen LogP contribution < -0.4 is 0 Å². The Morgan fingerprint density at radius 2 is 2.09 bits per heavy atom. The molecule has 0 saturated heterocycles. The molecule has 0 aliphatic carbocycles. The van der Waals surface area contributed by atoms with E-state index < -0.39 is 17.8 Å². The Kier molecular flexibility index (Phi) is 5.18. The van der Waals surface area contributed by atoms with Gasteiger partial charge >= 0.3 is 5.97 Å². The van der Waals surface area contributed by atoms with Gasteiger partial charge in [-0.25, -0.2) is 14.2 Å². The number of carbonyl (C=O) groups is 1. The summed E-state index contributed by atoms with van der Waals surface area (Å²) in [5.41, 5.74) is 4.33. The number of benzene rings is 2. The highest BCUT2D eigenvalue weighted by molar-refractivity contribution is 6.21. The smallest absolute Gasteiger partial charge is 0.328 e. The Bertz CT molecular complexity index is 1400. The van der Waals surface area contributed by atoms with E-state index in [1.807, 2.05) is 18.2 Å². The van der Waals surface area contributed by atoms with E-state index in [2.05, 4.69) is 15.0 Å². The lowest BCUT2D eigenvalue weighted by Crippen LogP contribution is -2.24. The van der Waals surface area contributed by atoms with Gasteiger partial charge in [0.25, 0.3) is 0 Å². The van der Waals surface area contributed by atoms with Gasteiger partial charge in [0.15, 0.2) is 11.9 Å². The van der Waals surface area contributed by atoms with Crippen LogP contribution in [0.25, 0.3) is 10.9 Å². The molecule has 3 N–H and O–H groups in total. The number of aliphatic imine (C=N–C) groups is 1.